The Morgan fingerprint density at radius 3 is 2.90 bits per heavy atom. The zero-order valence-corrected chi connectivity index (χ0v) is 11.6. The van der Waals surface area contributed by atoms with Gasteiger partial charge in [-0.3, -0.25) is 9.69 Å². The number of para-hydroxylation sites is 2. The number of carbonyl (C=O) groups is 1. The molecule has 0 aliphatic carbocycles. The van der Waals surface area contributed by atoms with Crippen LogP contribution in [-0.4, -0.2) is 18.6 Å². The van der Waals surface area contributed by atoms with Gasteiger partial charge in [-0.25, -0.2) is 0 Å². The summed E-state index contributed by atoms with van der Waals surface area (Å²) in [5.74, 6) is 0.593. The van der Waals surface area contributed by atoms with E-state index in [1.165, 1.54) is 0 Å². The first-order chi connectivity index (χ1) is 10.2. The van der Waals surface area contributed by atoms with Crippen molar-refractivity contribution in [2.45, 2.75) is 13.0 Å². The number of carbonyl (C=O) groups excluding carboxylic acids is 1. The van der Waals surface area contributed by atoms with Crippen LogP contribution in [0.4, 0.5) is 5.69 Å². The number of rotatable bonds is 1. The fourth-order valence-electron chi connectivity index (χ4n) is 2.47. The van der Waals surface area contributed by atoms with Gasteiger partial charge < -0.3 is 4.74 Å². The molecule has 0 saturated carbocycles. The summed E-state index contributed by atoms with van der Waals surface area (Å²) in [6.07, 6.45) is 0. The van der Waals surface area contributed by atoms with Crippen LogP contribution in [0.3, 0.4) is 0 Å². The van der Waals surface area contributed by atoms with Crippen molar-refractivity contribution in [1.29, 1.82) is 5.26 Å². The molecule has 0 radical (unpaired) electrons. The van der Waals surface area contributed by atoms with Gasteiger partial charge in [-0.1, -0.05) is 18.2 Å². The number of anilines is 1. The van der Waals surface area contributed by atoms with Crippen LogP contribution < -0.4 is 9.64 Å². The second kappa shape index (κ2) is 5.29. The van der Waals surface area contributed by atoms with Crippen molar-refractivity contribution in [1.82, 2.24) is 0 Å². The van der Waals surface area contributed by atoms with Crippen LogP contribution in [-0.2, 0) is 0 Å². The lowest BCUT2D eigenvalue weighted by Crippen LogP contribution is -2.45. The van der Waals surface area contributed by atoms with E-state index in [0.29, 0.717) is 23.5 Å². The smallest absolute Gasteiger partial charge is 0.258 e. The van der Waals surface area contributed by atoms with Crippen LogP contribution in [0.2, 0.25) is 0 Å². The summed E-state index contributed by atoms with van der Waals surface area (Å²) < 4.78 is 5.65. The van der Waals surface area contributed by atoms with Gasteiger partial charge in [-0.05, 0) is 37.3 Å². The van der Waals surface area contributed by atoms with Gasteiger partial charge in [0.25, 0.3) is 5.91 Å². The van der Waals surface area contributed by atoms with E-state index in [1.54, 1.807) is 29.2 Å². The molecular formula is C17H14N2O2. The normalized spacial score (nSPS) is 16.6. The molecule has 104 valence electrons. The van der Waals surface area contributed by atoms with E-state index in [4.69, 9.17) is 10.00 Å². The Labute approximate surface area is 123 Å². The van der Waals surface area contributed by atoms with Gasteiger partial charge in [-0.15, -0.1) is 0 Å². The van der Waals surface area contributed by atoms with Gasteiger partial charge in [0.15, 0.2) is 0 Å². The van der Waals surface area contributed by atoms with Gasteiger partial charge in [0, 0.05) is 5.56 Å². The van der Waals surface area contributed by atoms with E-state index in [-0.39, 0.29) is 11.9 Å². The van der Waals surface area contributed by atoms with E-state index < -0.39 is 0 Å². The summed E-state index contributed by atoms with van der Waals surface area (Å²) in [6, 6.07) is 16.3. The lowest BCUT2D eigenvalue weighted by atomic mass is 10.1. The molecule has 1 amide bonds. The standard InChI is InChI=1S/C17H14N2O2/c1-12-11-21-16-8-3-2-7-15(16)19(12)17(20)14-6-4-5-13(9-14)10-18/h2-9,12H,11H2,1H3. The molecule has 1 aliphatic heterocycles. The predicted molar refractivity (Wildman–Crippen MR) is 79.4 cm³/mol. The summed E-state index contributed by atoms with van der Waals surface area (Å²) in [4.78, 5) is 14.5. The number of benzene rings is 2. The van der Waals surface area contributed by atoms with Crippen molar-refractivity contribution < 1.29 is 9.53 Å². The van der Waals surface area contributed by atoms with Crippen LogP contribution in [0.15, 0.2) is 48.5 Å². The highest BCUT2D eigenvalue weighted by molar-refractivity contribution is 6.07. The number of nitriles is 1. The molecule has 2 aromatic rings. The number of fused-ring (bicyclic) bond motifs is 1. The number of hydrogen-bond acceptors (Lipinski definition) is 3. The first kappa shape index (κ1) is 13.2. The third-order valence-corrected chi connectivity index (χ3v) is 3.50. The molecule has 1 heterocycles. The zero-order chi connectivity index (χ0) is 14.8. The molecule has 1 unspecified atom stereocenters. The minimum absolute atomic E-state index is 0.0573. The van der Waals surface area contributed by atoms with Crippen molar-refractivity contribution in [2.24, 2.45) is 0 Å². The molecule has 1 atom stereocenters. The maximum absolute atomic E-state index is 12.8. The first-order valence-electron chi connectivity index (χ1n) is 6.76. The number of ether oxygens (including phenoxy) is 1. The monoisotopic (exact) mass is 278 g/mol. The molecule has 0 spiro atoms. The molecule has 0 saturated heterocycles. The number of hydrogen-bond donors (Lipinski definition) is 0. The second-order valence-electron chi connectivity index (χ2n) is 5.00. The van der Waals surface area contributed by atoms with E-state index in [9.17, 15) is 4.79 Å². The predicted octanol–water partition coefficient (Wildman–Crippen LogP) is 2.99. The first-order valence-corrected chi connectivity index (χ1v) is 6.76. The topological polar surface area (TPSA) is 53.3 Å². The van der Waals surface area contributed by atoms with Crippen molar-refractivity contribution in [3.05, 3.63) is 59.7 Å². The molecule has 21 heavy (non-hydrogen) atoms. The third kappa shape index (κ3) is 2.34. The quantitative estimate of drug-likeness (QED) is 0.805. The van der Waals surface area contributed by atoms with Gasteiger partial charge in [-0.2, -0.15) is 5.26 Å². The van der Waals surface area contributed by atoms with Crippen molar-refractivity contribution >= 4 is 11.6 Å². The molecule has 4 nitrogen and oxygen atoms in total. The highest BCUT2D eigenvalue weighted by Crippen LogP contribution is 2.34. The molecule has 4 heteroatoms. The van der Waals surface area contributed by atoms with Crippen LogP contribution >= 0.6 is 0 Å². The summed E-state index contributed by atoms with van der Waals surface area (Å²) >= 11 is 0. The Morgan fingerprint density at radius 1 is 1.29 bits per heavy atom. The summed E-state index contributed by atoms with van der Waals surface area (Å²) in [5, 5.41) is 8.97. The summed E-state index contributed by atoms with van der Waals surface area (Å²) in [5.41, 5.74) is 1.76. The van der Waals surface area contributed by atoms with Gasteiger partial charge in [0.2, 0.25) is 0 Å². The highest BCUT2D eigenvalue weighted by atomic mass is 16.5. The van der Waals surface area contributed by atoms with Crippen molar-refractivity contribution in [3.8, 4) is 11.8 Å². The fourth-order valence-corrected chi connectivity index (χ4v) is 2.47. The Hall–Kier alpha value is -2.80. The van der Waals surface area contributed by atoms with E-state index in [1.807, 2.05) is 31.2 Å². The van der Waals surface area contributed by atoms with Crippen LogP contribution in [0, 0.1) is 11.3 Å². The average Bonchev–Trinajstić information content (AvgIpc) is 2.54. The SMILES string of the molecule is CC1COc2ccccc2N1C(=O)c1cccc(C#N)c1. The molecule has 0 bridgehead atoms. The van der Waals surface area contributed by atoms with Crippen LogP contribution in [0.5, 0.6) is 5.75 Å². The Kier molecular flexibility index (Phi) is 3.33. The average molecular weight is 278 g/mol. The Balaban J connectivity index is 2.03. The van der Waals surface area contributed by atoms with Crippen molar-refractivity contribution in [2.75, 3.05) is 11.5 Å². The molecule has 1 aliphatic rings. The van der Waals surface area contributed by atoms with E-state index >= 15 is 0 Å². The van der Waals surface area contributed by atoms with Gasteiger partial charge >= 0.3 is 0 Å². The molecule has 2 aromatic carbocycles. The second-order valence-corrected chi connectivity index (χ2v) is 5.00. The Morgan fingerprint density at radius 2 is 2.10 bits per heavy atom. The van der Waals surface area contributed by atoms with Gasteiger partial charge in [0.1, 0.15) is 12.4 Å². The van der Waals surface area contributed by atoms with E-state index in [2.05, 4.69) is 6.07 Å². The molecule has 0 N–H and O–H groups in total. The molecule has 3 rings (SSSR count). The molecular weight excluding hydrogens is 264 g/mol. The molecule has 0 aromatic heterocycles. The van der Waals surface area contributed by atoms with Crippen molar-refractivity contribution in [3.63, 3.8) is 0 Å². The maximum Gasteiger partial charge on any atom is 0.258 e. The number of amides is 1. The third-order valence-electron chi connectivity index (χ3n) is 3.50. The lowest BCUT2D eigenvalue weighted by molar-refractivity contribution is 0.0961. The van der Waals surface area contributed by atoms with Gasteiger partial charge in [0.05, 0.1) is 23.4 Å². The zero-order valence-electron chi connectivity index (χ0n) is 11.6. The Bertz CT molecular complexity index is 734. The minimum Gasteiger partial charge on any atom is -0.489 e. The van der Waals surface area contributed by atoms with Crippen LogP contribution in [0.25, 0.3) is 0 Å². The maximum atomic E-state index is 12.8. The largest absolute Gasteiger partial charge is 0.489 e. The lowest BCUT2D eigenvalue weighted by Gasteiger charge is -2.35. The number of nitrogens with zero attached hydrogens (tertiary/aromatic N) is 2. The molecule has 0 fully saturated rings. The fraction of sp³-hybridized carbons (Fsp3) is 0.176. The highest BCUT2D eigenvalue weighted by Gasteiger charge is 2.29. The van der Waals surface area contributed by atoms with E-state index in [0.717, 1.165) is 5.69 Å². The summed E-state index contributed by atoms with van der Waals surface area (Å²) in [7, 11) is 0. The van der Waals surface area contributed by atoms with Crippen LogP contribution in [0.1, 0.15) is 22.8 Å². The minimum atomic E-state index is -0.115. The summed E-state index contributed by atoms with van der Waals surface area (Å²) in [6.45, 7) is 2.41.